The Morgan fingerprint density at radius 3 is 1.96 bits per heavy atom. The number of phenols is 1. The van der Waals surface area contributed by atoms with Crippen LogP contribution in [-0.4, -0.2) is 5.11 Å². The van der Waals surface area contributed by atoms with E-state index >= 15 is 0 Å². The van der Waals surface area contributed by atoms with Gasteiger partial charge in [0.25, 0.3) is 0 Å². The lowest BCUT2D eigenvalue weighted by Gasteiger charge is -2.21. The average molecular weight is 318 g/mol. The first-order valence-electron chi connectivity index (χ1n) is 8.57. The molecule has 0 bridgehead atoms. The predicted octanol–water partition coefficient (Wildman–Crippen LogP) is 6.45. The van der Waals surface area contributed by atoms with Crippen molar-refractivity contribution in [2.45, 2.75) is 47.5 Å². The van der Waals surface area contributed by atoms with Crippen LogP contribution in [0, 0.1) is 13.8 Å². The summed E-state index contributed by atoms with van der Waals surface area (Å²) in [6.07, 6.45) is 0. The van der Waals surface area contributed by atoms with Gasteiger partial charge in [-0.15, -0.1) is 0 Å². The van der Waals surface area contributed by atoms with Crippen molar-refractivity contribution in [3.05, 3.63) is 75.4 Å². The zero-order valence-corrected chi connectivity index (χ0v) is 15.5. The Hall–Kier alpha value is -2.28. The van der Waals surface area contributed by atoms with Gasteiger partial charge in [0.1, 0.15) is 5.75 Å². The van der Waals surface area contributed by atoms with Gasteiger partial charge in [-0.05, 0) is 81.0 Å². The number of aromatic hydroxyl groups is 1. The second kappa shape index (κ2) is 5.98. The second-order valence-electron chi connectivity index (χ2n) is 7.11. The summed E-state index contributed by atoms with van der Waals surface area (Å²) in [5.74, 6) is 0.698. The fourth-order valence-corrected chi connectivity index (χ4v) is 3.98. The Kier molecular flexibility index (Phi) is 4.13. The highest BCUT2D eigenvalue weighted by Gasteiger charge is 2.28. The number of rotatable bonds is 2. The quantitative estimate of drug-likeness (QED) is 0.675. The minimum atomic E-state index is 0.307. The molecule has 0 fully saturated rings. The molecule has 124 valence electrons. The number of phenolic OH excluding ortho intramolecular Hbond substituents is 1. The summed E-state index contributed by atoms with van der Waals surface area (Å²) in [6.45, 7) is 12.9. The van der Waals surface area contributed by atoms with E-state index in [1.807, 2.05) is 13.0 Å². The molecule has 0 amide bonds. The molecule has 0 saturated heterocycles. The van der Waals surface area contributed by atoms with E-state index in [4.69, 9.17) is 0 Å². The maximum Gasteiger partial charge on any atom is 0.126 e. The Labute approximate surface area is 145 Å². The lowest BCUT2D eigenvalue weighted by molar-refractivity contribution is 0.473. The van der Waals surface area contributed by atoms with Gasteiger partial charge in [-0.25, -0.2) is 0 Å². The third-order valence-corrected chi connectivity index (χ3v) is 5.62. The first kappa shape index (κ1) is 16.6. The van der Waals surface area contributed by atoms with Crippen molar-refractivity contribution >= 4 is 0 Å². The molecular weight excluding hydrogens is 292 g/mol. The number of hydrogen-bond donors (Lipinski definition) is 1. The van der Waals surface area contributed by atoms with E-state index in [0.717, 1.165) is 16.7 Å². The molecule has 2 aromatic carbocycles. The summed E-state index contributed by atoms with van der Waals surface area (Å²) in [4.78, 5) is 0. The van der Waals surface area contributed by atoms with Crippen molar-refractivity contribution in [2.75, 3.05) is 0 Å². The third-order valence-electron chi connectivity index (χ3n) is 5.62. The Morgan fingerprint density at radius 1 is 0.750 bits per heavy atom. The number of allylic oxidation sites excluding steroid dienone is 4. The summed E-state index contributed by atoms with van der Waals surface area (Å²) in [7, 11) is 0. The Morgan fingerprint density at radius 2 is 1.33 bits per heavy atom. The van der Waals surface area contributed by atoms with Gasteiger partial charge < -0.3 is 5.11 Å². The molecule has 1 aliphatic carbocycles. The molecule has 1 heteroatoms. The van der Waals surface area contributed by atoms with Crippen LogP contribution in [0.15, 0.2) is 58.7 Å². The summed E-state index contributed by atoms with van der Waals surface area (Å²) in [5, 5.41) is 10.7. The fourth-order valence-electron chi connectivity index (χ4n) is 3.98. The van der Waals surface area contributed by atoms with Gasteiger partial charge in [-0.2, -0.15) is 0 Å². The average Bonchev–Trinajstić information content (AvgIpc) is 2.74. The summed E-state index contributed by atoms with van der Waals surface area (Å²) in [5.41, 5.74) is 11.1. The molecule has 0 radical (unpaired) electrons. The van der Waals surface area contributed by atoms with Crippen LogP contribution in [0.1, 0.15) is 50.3 Å². The van der Waals surface area contributed by atoms with Gasteiger partial charge in [-0.1, -0.05) is 41.5 Å². The van der Waals surface area contributed by atoms with Crippen molar-refractivity contribution in [1.29, 1.82) is 0 Å². The van der Waals surface area contributed by atoms with Gasteiger partial charge >= 0.3 is 0 Å². The van der Waals surface area contributed by atoms with E-state index in [-0.39, 0.29) is 0 Å². The molecule has 0 saturated carbocycles. The minimum Gasteiger partial charge on any atom is -0.507 e. The van der Waals surface area contributed by atoms with Crippen LogP contribution in [0.3, 0.4) is 0 Å². The highest BCUT2D eigenvalue weighted by atomic mass is 16.3. The van der Waals surface area contributed by atoms with Crippen LogP contribution < -0.4 is 0 Å². The zero-order valence-electron chi connectivity index (χ0n) is 15.5. The number of benzene rings is 2. The molecule has 3 rings (SSSR count). The first-order valence-corrected chi connectivity index (χ1v) is 8.57. The molecule has 0 atom stereocenters. The first-order chi connectivity index (χ1) is 11.3. The molecule has 1 N–H and O–H groups in total. The lowest BCUT2D eigenvalue weighted by atomic mass is 9.83. The molecule has 2 aromatic rings. The number of hydrogen-bond acceptors (Lipinski definition) is 1. The summed E-state index contributed by atoms with van der Waals surface area (Å²) < 4.78 is 0. The molecule has 1 nitrogen and oxygen atoms in total. The highest BCUT2D eigenvalue weighted by Crippen LogP contribution is 2.47. The van der Waals surface area contributed by atoms with Crippen molar-refractivity contribution in [1.82, 2.24) is 0 Å². The molecule has 0 heterocycles. The summed E-state index contributed by atoms with van der Waals surface area (Å²) in [6, 6.07) is 12.6. The van der Waals surface area contributed by atoms with E-state index < -0.39 is 0 Å². The van der Waals surface area contributed by atoms with Gasteiger partial charge in [0, 0.05) is 11.5 Å². The molecule has 0 aliphatic heterocycles. The molecule has 0 unspecified atom stereocenters. The van der Waals surface area contributed by atoms with E-state index in [2.05, 4.69) is 65.0 Å². The second-order valence-corrected chi connectivity index (χ2v) is 7.11. The minimum absolute atomic E-state index is 0.307. The third kappa shape index (κ3) is 2.49. The molecule has 0 spiro atoms. The van der Waals surface area contributed by atoms with Gasteiger partial charge in [-0.3, -0.25) is 0 Å². The fraction of sp³-hybridized carbons (Fsp3) is 0.304. The SMILES string of the molecule is CC1=C(C)C(c2ccccc2-c2cc(C)cc(C)c2O)C(C)=C1C. The van der Waals surface area contributed by atoms with Gasteiger partial charge in [0.2, 0.25) is 0 Å². The van der Waals surface area contributed by atoms with Crippen LogP contribution in [0.2, 0.25) is 0 Å². The Bertz CT molecular complexity index is 857. The summed E-state index contributed by atoms with van der Waals surface area (Å²) >= 11 is 0. The van der Waals surface area contributed by atoms with Crippen LogP contribution >= 0.6 is 0 Å². The normalized spacial score (nSPS) is 15.6. The number of aryl methyl sites for hydroxylation is 2. The van der Waals surface area contributed by atoms with Crippen molar-refractivity contribution < 1.29 is 5.11 Å². The lowest BCUT2D eigenvalue weighted by Crippen LogP contribution is -2.02. The Balaban J connectivity index is 2.26. The van der Waals surface area contributed by atoms with E-state index in [0.29, 0.717) is 11.7 Å². The molecule has 0 aromatic heterocycles. The van der Waals surface area contributed by atoms with Crippen molar-refractivity contribution in [3.8, 4) is 16.9 Å². The standard InChI is InChI=1S/C23H26O/c1-13-11-14(2)23(24)21(12-13)19-9-7-8-10-20(19)22-17(5)15(3)16(4)18(22)6/h7-12,22,24H,1-6H3. The highest BCUT2D eigenvalue weighted by molar-refractivity contribution is 5.77. The van der Waals surface area contributed by atoms with E-state index in [1.54, 1.807) is 0 Å². The van der Waals surface area contributed by atoms with E-state index in [9.17, 15) is 5.11 Å². The molecular formula is C23H26O. The van der Waals surface area contributed by atoms with Gasteiger partial charge in [0.05, 0.1) is 0 Å². The van der Waals surface area contributed by atoms with Gasteiger partial charge in [0.15, 0.2) is 0 Å². The van der Waals surface area contributed by atoms with Crippen LogP contribution in [0.25, 0.3) is 11.1 Å². The predicted molar refractivity (Wildman–Crippen MR) is 103 cm³/mol. The van der Waals surface area contributed by atoms with Crippen LogP contribution in [0.4, 0.5) is 0 Å². The van der Waals surface area contributed by atoms with Crippen LogP contribution in [0.5, 0.6) is 5.75 Å². The largest absolute Gasteiger partial charge is 0.507 e. The molecule has 1 aliphatic rings. The molecule has 24 heavy (non-hydrogen) atoms. The topological polar surface area (TPSA) is 20.2 Å². The van der Waals surface area contributed by atoms with Crippen molar-refractivity contribution in [2.24, 2.45) is 0 Å². The smallest absolute Gasteiger partial charge is 0.126 e. The van der Waals surface area contributed by atoms with Crippen molar-refractivity contribution in [3.63, 3.8) is 0 Å². The van der Waals surface area contributed by atoms with E-state index in [1.165, 1.54) is 33.4 Å². The maximum absolute atomic E-state index is 10.7. The van der Waals surface area contributed by atoms with Crippen LogP contribution in [-0.2, 0) is 0 Å². The monoisotopic (exact) mass is 318 g/mol. The maximum atomic E-state index is 10.7. The zero-order chi connectivity index (χ0) is 17.6.